The lowest BCUT2D eigenvalue weighted by molar-refractivity contribution is 0.0347. The van der Waals surface area contributed by atoms with Gasteiger partial charge >= 0.3 is 0 Å². The molecule has 1 aliphatic heterocycles. The van der Waals surface area contributed by atoms with Crippen LogP contribution >= 0.6 is 0 Å². The van der Waals surface area contributed by atoms with Crippen LogP contribution in [-0.2, 0) is 19.3 Å². The van der Waals surface area contributed by atoms with Gasteiger partial charge in [-0.3, -0.25) is 4.99 Å². The molecule has 0 radical (unpaired) electrons. The van der Waals surface area contributed by atoms with Crippen LogP contribution in [0.3, 0.4) is 0 Å². The summed E-state index contributed by atoms with van der Waals surface area (Å²) in [5, 5.41) is 6.38. The van der Waals surface area contributed by atoms with E-state index in [0.717, 1.165) is 13.0 Å². The summed E-state index contributed by atoms with van der Waals surface area (Å²) >= 11 is 0. The highest BCUT2D eigenvalue weighted by Gasteiger charge is 2.28. The summed E-state index contributed by atoms with van der Waals surface area (Å²) in [6.45, 7) is 12.0. The van der Waals surface area contributed by atoms with Gasteiger partial charge in [0.2, 0.25) is 0 Å². The number of aliphatic imine (C=N–C) groups is 1. The second-order valence-electron chi connectivity index (χ2n) is 7.06. The molecule has 1 fully saturated rings. The Morgan fingerprint density at radius 1 is 1.42 bits per heavy atom. The topological polar surface area (TPSA) is 89.0 Å². The van der Waals surface area contributed by atoms with Crippen molar-refractivity contribution in [3.8, 4) is 0 Å². The third-order valence-corrected chi connectivity index (χ3v) is 6.35. The Kier molecular flexibility index (Phi) is 8.45. The van der Waals surface area contributed by atoms with Crippen LogP contribution in [0.5, 0.6) is 0 Å². The maximum atomic E-state index is 12.1. The molecule has 2 N–H and O–H groups in total. The maximum absolute atomic E-state index is 12.1. The van der Waals surface area contributed by atoms with Crippen molar-refractivity contribution in [2.45, 2.75) is 57.9 Å². The highest BCUT2D eigenvalue weighted by atomic mass is 32.2. The Morgan fingerprint density at radius 3 is 2.67 bits per heavy atom. The van der Waals surface area contributed by atoms with Crippen molar-refractivity contribution in [1.29, 1.82) is 0 Å². The van der Waals surface area contributed by atoms with Crippen molar-refractivity contribution in [2.24, 2.45) is 4.99 Å². The predicted octanol–water partition coefficient (Wildman–Crippen LogP) is 0.949. The van der Waals surface area contributed by atoms with Crippen LogP contribution in [0.25, 0.3) is 0 Å². The van der Waals surface area contributed by atoms with Gasteiger partial charge in [-0.15, -0.1) is 0 Å². The third kappa shape index (κ3) is 7.36. The fraction of sp³-hybridized carbons (Fsp3) is 0.938. The van der Waals surface area contributed by atoms with E-state index in [1.165, 1.54) is 0 Å². The lowest BCUT2D eigenvalue weighted by atomic mass is 10.3. The lowest BCUT2D eigenvalue weighted by Crippen LogP contribution is -2.45. The molecule has 7 nitrogen and oxygen atoms in total. The van der Waals surface area contributed by atoms with E-state index in [1.807, 2.05) is 13.8 Å². The molecule has 24 heavy (non-hydrogen) atoms. The first kappa shape index (κ1) is 21.2. The molecule has 0 bridgehead atoms. The number of nitrogens with zero attached hydrogens (tertiary/aromatic N) is 1. The zero-order valence-corrected chi connectivity index (χ0v) is 16.4. The first-order valence-electron chi connectivity index (χ1n) is 8.62. The van der Waals surface area contributed by atoms with E-state index in [1.54, 1.807) is 20.8 Å². The van der Waals surface area contributed by atoms with Crippen molar-refractivity contribution in [3.05, 3.63) is 0 Å². The Morgan fingerprint density at radius 2 is 2.12 bits per heavy atom. The average Bonchev–Trinajstić information content (AvgIpc) is 2.97. The van der Waals surface area contributed by atoms with Crippen molar-refractivity contribution in [2.75, 3.05) is 38.7 Å². The summed E-state index contributed by atoms with van der Waals surface area (Å²) in [6, 6.07) is 0.0719. The minimum absolute atomic E-state index is 0.0391. The van der Waals surface area contributed by atoms with Gasteiger partial charge in [0.15, 0.2) is 15.8 Å². The van der Waals surface area contributed by atoms with Crippen molar-refractivity contribution >= 4 is 15.8 Å². The molecular formula is C16H33N3O4S. The zero-order valence-electron chi connectivity index (χ0n) is 15.6. The standard InChI is InChI=1S/C16H33N3O4S/c1-6-17-15(18-8-10-24(20,21)16(3,4)5)19-13(2)11-23-14-7-9-22-12-14/h13-14H,6-12H2,1-5H3,(H2,17,18,19). The van der Waals surface area contributed by atoms with Crippen LogP contribution in [0.15, 0.2) is 4.99 Å². The quantitative estimate of drug-likeness (QED) is 0.493. The van der Waals surface area contributed by atoms with Crippen LogP contribution in [0, 0.1) is 0 Å². The molecule has 1 rings (SSSR count). The summed E-state index contributed by atoms with van der Waals surface area (Å²) in [5.74, 6) is 0.651. The second kappa shape index (κ2) is 9.58. The number of rotatable bonds is 8. The fourth-order valence-electron chi connectivity index (χ4n) is 2.10. The Labute approximate surface area is 146 Å². The normalized spacial score (nSPS) is 20.9. The van der Waals surface area contributed by atoms with E-state index >= 15 is 0 Å². The first-order chi connectivity index (χ1) is 11.2. The smallest absolute Gasteiger partial charge is 0.191 e. The van der Waals surface area contributed by atoms with E-state index in [9.17, 15) is 8.42 Å². The number of ether oxygens (including phenoxy) is 2. The number of hydrogen-bond acceptors (Lipinski definition) is 5. The van der Waals surface area contributed by atoms with Gasteiger partial charge < -0.3 is 20.1 Å². The largest absolute Gasteiger partial charge is 0.379 e. The zero-order chi connectivity index (χ0) is 18.2. The van der Waals surface area contributed by atoms with Gasteiger partial charge in [0.1, 0.15) is 0 Å². The van der Waals surface area contributed by atoms with Gasteiger partial charge in [0.05, 0.1) is 36.4 Å². The average molecular weight is 364 g/mol. The molecule has 0 aromatic rings. The Hall–Kier alpha value is -0.860. The first-order valence-corrected chi connectivity index (χ1v) is 10.3. The van der Waals surface area contributed by atoms with E-state index < -0.39 is 14.6 Å². The molecule has 2 atom stereocenters. The molecule has 0 aliphatic carbocycles. The molecule has 142 valence electrons. The molecular weight excluding hydrogens is 330 g/mol. The maximum Gasteiger partial charge on any atom is 0.191 e. The molecule has 1 aliphatic rings. The van der Waals surface area contributed by atoms with Gasteiger partial charge in [0.25, 0.3) is 0 Å². The SMILES string of the molecule is CCNC(=NCCS(=O)(=O)C(C)(C)C)NC(C)COC1CCOC1. The number of guanidine groups is 1. The minimum Gasteiger partial charge on any atom is -0.379 e. The van der Waals surface area contributed by atoms with E-state index in [0.29, 0.717) is 25.7 Å². The molecule has 1 heterocycles. The molecule has 0 aromatic heterocycles. The summed E-state index contributed by atoms with van der Waals surface area (Å²) in [7, 11) is -3.16. The number of hydrogen-bond donors (Lipinski definition) is 2. The summed E-state index contributed by atoms with van der Waals surface area (Å²) in [4.78, 5) is 4.37. The second-order valence-corrected chi connectivity index (χ2v) is 9.92. The van der Waals surface area contributed by atoms with Gasteiger partial charge in [-0.1, -0.05) is 0 Å². The van der Waals surface area contributed by atoms with E-state index in [4.69, 9.17) is 9.47 Å². The van der Waals surface area contributed by atoms with Gasteiger partial charge in [-0.2, -0.15) is 0 Å². The highest BCUT2D eigenvalue weighted by Crippen LogP contribution is 2.15. The fourth-order valence-corrected chi connectivity index (χ4v) is 3.05. The monoisotopic (exact) mass is 363 g/mol. The molecule has 2 unspecified atom stereocenters. The molecule has 0 saturated carbocycles. The van der Waals surface area contributed by atoms with Crippen LogP contribution < -0.4 is 10.6 Å². The third-order valence-electron chi connectivity index (χ3n) is 3.76. The van der Waals surface area contributed by atoms with Gasteiger partial charge in [0, 0.05) is 19.2 Å². The molecule has 0 aromatic carbocycles. The van der Waals surface area contributed by atoms with E-state index in [2.05, 4.69) is 15.6 Å². The molecule has 0 amide bonds. The molecule has 0 spiro atoms. The van der Waals surface area contributed by atoms with Crippen LogP contribution in [-0.4, -0.2) is 69.9 Å². The van der Waals surface area contributed by atoms with Crippen LogP contribution in [0.1, 0.15) is 41.0 Å². The Bertz CT molecular complexity index is 494. The van der Waals surface area contributed by atoms with Crippen LogP contribution in [0.4, 0.5) is 0 Å². The van der Waals surface area contributed by atoms with Gasteiger partial charge in [-0.05, 0) is 41.0 Å². The number of sulfone groups is 1. The van der Waals surface area contributed by atoms with Crippen molar-refractivity contribution in [3.63, 3.8) is 0 Å². The predicted molar refractivity (Wildman–Crippen MR) is 97.3 cm³/mol. The summed E-state index contributed by atoms with van der Waals surface area (Å²) in [5.41, 5.74) is 0. The highest BCUT2D eigenvalue weighted by molar-refractivity contribution is 7.92. The van der Waals surface area contributed by atoms with Crippen molar-refractivity contribution in [1.82, 2.24) is 10.6 Å². The summed E-state index contributed by atoms with van der Waals surface area (Å²) < 4.78 is 34.6. The Balaban J connectivity index is 2.46. The van der Waals surface area contributed by atoms with Crippen molar-refractivity contribution < 1.29 is 17.9 Å². The summed E-state index contributed by atoms with van der Waals surface area (Å²) in [6.07, 6.45) is 1.11. The minimum atomic E-state index is -3.16. The van der Waals surface area contributed by atoms with Gasteiger partial charge in [-0.25, -0.2) is 8.42 Å². The van der Waals surface area contributed by atoms with E-state index in [-0.39, 0.29) is 24.4 Å². The number of nitrogens with one attached hydrogen (secondary N) is 2. The van der Waals surface area contributed by atoms with Crippen LogP contribution in [0.2, 0.25) is 0 Å². The molecule has 8 heteroatoms. The molecule has 1 saturated heterocycles. The lowest BCUT2D eigenvalue weighted by Gasteiger charge is -2.20.